The van der Waals surface area contributed by atoms with Crippen LogP contribution in [-0.4, -0.2) is 66.7 Å². The lowest BCUT2D eigenvalue weighted by atomic mass is 9.79. The van der Waals surface area contributed by atoms with Gasteiger partial charge < -0.3 is 15.3 Å². The van der Waals surface area contributed by atoms with E-state index < -0.39 is 0 Å². The molecule has 1 fully saturated rings. The highest BCUT2D eigenvalue weighted by Gasteiger charge is 2.26. The molecule has 0 amide bonds. The third-order valence-electron chi connectivity index (χ3n) is 5.96. The van der Waals surface area contributed by atoms with E-state index in [0.717, 1.165) is 71.0 Å². The maximum atomic E-state index is 9.45. The molecule has 160 valence electrons. The lowest BCUT2D eigenvalue weighted by Gasteiger charge is -2.37. The number of hydrogen-bond donors (Lipinski definition) is 2. The van der Waals surface area contributed by atoms with Gasteiger partial charge in [-0.25, -0.2) is 0 Å². The fourth-order valence-electron chi connectivity index (χ4n) is 3.77. The SMILES string of the molecule is CCNC(=NCC(CC)(CC)CCO)N1CCN(Cc2ccccc2)CC1.I. The summed E-state index contributed by atoms with van der Waals surface area (Å²) in [5.74, 6) is 1.03. The van der Waals surface area contributed by atoms with Gasteiger partial charge >= 0.3 is 0 Å². The summed E-state index contributed by atoms with van der Waals surface area (Å²) in [6, 6.07) is 10.7. The largest absolute Gasteiger partial charge is 0.396 e. The van der Waals surface area contributed by atoms with Gasteiger partial charge in [0.1, 0.15) is 0 Å². The summed E-state index contributed by atoms with van der Waals surface area (Å²) >= 11 is 0. The molecule has 1 heterocycles. The topological polar surface area (TPSA) is 51.1 Å². The molecule has 0 atom stereocenters. The molecule has 0 unspecified atom stereocenters. The number of hydrogen-bond acceptors (Lipinski definition) is 3. The van der Waals surface area contributed by atoms with Crippen molar-refractivity contribution in [2.45, 2.75) is 46.6 Å². The van der Waals surface area contributed by atoms with Crippen LogP contribution < -0.4 is 5.32 Å². The number of guanidine groups is 1. The van der Waals surface area contributed by atoms with Crippen molar-refractivity contribution in [2.24, 2.45) is 10.4 Å². The van der Waals surface area contributed by atoms with Gasteiger partial charge in [0.05, 0.1) is 0 Å². The van der Waals surface area contributed by atoms with Gasteiger partial charge in [-0.2, -0.15) is 0 Å². The van der Waals surface area contributed by atoms with Crippen LogP contribution in [0, 0.1) is 5.41 Å². The summed E-state index contributed by atoms with van der Waals surface area (Å²) < 4.78 is 0. The average molecular weight is 502 g/mol. The first-order valence-electron chi connectivity index (χ1n) is 10.6. The smallest absolute Gasteiger partial charge is 0.194 e. The maximum Gasteiger partial charge on any atom is 0.194 e. The molecular weight excluding hydrogens is 463 g/mol. The van der Waals surface area contributed by atoms with E-state index >= 15 is 0 Å². The number of piperazine rings is 1. The van der Waals surface area contributed by atoms with E-state index in [0.29, 0.717) is 0 Å². The molecule has 1 aromatic rings. The van der Waals surface area contributed by atoms with Crippen molar-refractivity contribution in [2.75, 3.05) is 45.9 Å². The number of nitrogens with one attached hydrogen (secondary N) is 1. The van der Waals surface area contributed by atoms with E-state index in [1.807, 2.05) is 0 Å². The summed E-state index contributed by atoms with van der Waals surface area (Å²) in [6.45, 7) is 13.6. The number of nitrogens with zero attached hydrogens (tertiary/aromatic N) is 3. The van der Waals surface area contributed by atoms with Gasteiger partial charge in [0, 0.05) is 52.4 Å². The Morgan fingerprint density at radius 3 is 2.25 bits per heavy atom. The molecule has 0 bridgehead atoms. The number of benzene rings is 1. The molecule has 0 spiro atoms. The summed E-state index contributed by atoms with van der Waals surface area (Å²) in [6.07, 6.45) is 2.93. The van der Waals surface area contributed by atoms with Crippen LogP contribution in [-0.2, 0) is 6.54 Å². The highest BCUT2D eigenvalue weighted by Crippen LogP contribution is 2.30. The molecule has 0 aromatic heterocycles. The van der Waals surface area contributed by atoms with Gasteiger partial charge in [0.2, 0.25) is 0 Å². The van der Waals surface area contributed by atoms with Gasteiger partial charge in [-0.05, 0) is 37.2 Å². The van der Waals surface area contributed by atoms with Gasteiger partial charge in [-0.15, -0.1) is 24.0 Å². The van der Waals surface area contributed by atoms with Crippen molar-refractivity contribution in [3.63, 3.8) is 0 Å². The van der Waals surface area contributed by atoms with E-state index in [4.69, 9.17) is 4.99 Å². The Morgan fingerprint density at radius 2 is 1.71 bits per heavy atom. The Bertz CT molecular complexity index is 555. The Labute approximate surface area is 188 Å². The Hall–Kier alpha value is -0.860. The van der Waals surface area contributed by atoms with Crippen molar-refractivity contribution in [1.82, 2.24) is 15.1 Å². The van der Waals surface area contributed by atoms with E-state index in [2.05, 4.69) is 66.2 Å². The van der Waals surface area contributed by atoms with Gasteiger partial charge in [0.15, 0.2) is 5.96 Å². The van der Waals surface area contributed by atoms with E-state index in [1.54, 1.807) is 0 Å². The molecular formula is C22H39IN4O. The van der Waals surface area contributed by atoms with Crippen LogP contribution in [0.1, 0.15) is 45.6 Å². The van der Waals surface area contributed by atoms with Crippen molar-refractivity contribution in [3.8, 4) is 0 Å². The second-order valence-corrected chi connectivity index (χ2v) is 7.60. The van der Waals surface area contributed by atoms with Gasteiger partial charge in [0.25, 0.3) is 0 Å². The second kappa shape index (κ2) is 13.4. The Balaban J connectivity index is 0.00000392. The molecule has 1 aromatic carbocycles. The predicted octanol–water partition coefficient (Wildman–Crippen LogP) is 3.58. The average Bonchev–Trinajstić information content (AvgIpc) is 2.71. The molecule has 0 aliphatic carbocycles. The van der Waals surface area contributed by atoms with Gasteiger partial charge in [-0.1, -0.05) is 44.2 Å². The standard InChI is InChI=1S/C22H38N4O.HI/c1-4-22(5-2,12-17-27)19-24-21(23-6-3)26-15-13-25(14-16-26)18-20-10-8-7-9-11-20;/h7-11,27H,4-6,12-19H2,1-3H3,(H,23,24);1H. The molecule has 2 rings (SSSR count). The van der Waals surface area contributed by atoms with Crippen LogP contribution in [0.3, 0.4) is 0 Å². The Kier molecular flexibility index (Phi) is 12.0. The van der Waals surface area contributed by atoms with E-state index in [-0.39, 0.29) is 36.0 Å². The first kappa shape index (κ1) is 25.2. The summed E-state index contributed by atoms with van der Waals surface area (Å²) in [5.41, 5.74) is 1.50. The monoisotopic (exact) mass is 502 g/mol. The molecule has 1 aliphatic rings. The van der Waals surface area contributed by atoms with Crippen LogP contribution in [0.5, 0.6) is 0 Å². The summed E-state index contributed by atoms with van der Waals surface area (Å²) in [4.78, 5) is 9.89. The zero-order valence-electron chi connectivity index (χ0n) is 17.9. The number of aliphatic imine (C=N–C) groups is 1. The van der Waals surface area contributed by atoms with E-state index in [9.17, 15) is 5.11 Å². The minimum absolute atomic E-state index is 0. The molecule has 5 nitrogen and oxygen atoms in total. The number of aliphatic hydroxyl groups is 1. The first-order valence-corrected chi connectivity index (χ1v) is 10.6. The minimum Gasteiger partial charge on any atom is -0.396 e. The second-order valence-electron chi connectivity index (χ2n) is 7.60. The Morgan fingerprint density at radius 1 is 1.07 bits per heavy atom. The highest BCUT2D eigenvalue weighted by atomic mass is 127. The molecule has 28 heavy (non-hydrogen) atoms. The molecule has 1 saturated heterocycles. The van der Waals surface area contributed by atoms with Crippen LogP contribution in [0.4, 0.5) is 0 Å². The quantitative estimate of drug-likeness (QED) is 0.308. The molecule has 1 aliphatic heterocycles. The fourth-order valence-corrected chi connectivity index (χ4v) is 3.77. The predicted molar refractivity (Wildman–Crippen MR) is 129 cm³/mol. The van der Waals surface area contributed by atoms with Gasteiger partial charge in [-0.3, -0.25) is 9.89 Å². The minimum atomic E-state index is 0. The third-order valence-corrected chi connectivity index (χ3v) is 5.96. The van der Waals surface area contributed by atoms with Crippen LogP contribution in [0.25, 0.3) is 0 Å². The number of rotatable bonds is 9. The first-order chi connectivity index (χ1) is 13.2. The molecule has 0 saturated carbocycles. The lowest BCUT2D eigenvalue weighted by molar-refractivity contribution is 0.166. The third kappa shape index (κ3) is 7.52. The van der Waals surface area contributed by atoms with E-state index in [1.165, 1.54) is 5.56 Å². The van der Waals surface area contributed by atoms with Crippen molar-refractivity contribution >= 4 is 29.9 Å². The zero-order chi connectivity index (χ0) is 19.5. The lowest BCUT2D eigenvalue weighted by Crippen LogP contribution is -2.52. The highest BCUT2D eigenvalue weighted by molar-refractivity contribution is 14.0. The van der Waals surface area contributed by atoms with Crippen LogP contribution >= 0.6 is 24.0 Å². The van der Waals surface area contributed by atoms with Crippen molar-refractivity contribution in [3.05, 3.63) is 35.9 Å². The van der Waals surface area contributed by atoms with Crippen molar-refractivity contribution < 1.29 is 5.11 Å². The number of halogens is 1. The number of aliphatic hydroxyl groups excluding tert-OH is 1. The van der Waals surface area contributed by atoms with Crippen LogP contribution in [0.2, 0.25) is 0 Å². The maximum absolute atomic E-state index is 9.45. The van der Waals surface area contributed by atoms with Crippen LogP contribution in [0.15, 0.2) is 35.3 Å². The normalized spacial score (nSPS) is 16.0. The molecule has 2 N–H and O–H groups in total. The molecule has 0 radical (unpaired) electrons. The fraction of sp³-hybridized carbons (Fsp3) is 0.682. The summed E-state index contributed by atoms with van der Waals surface area (Å²) in [5, 5.41) is 12.9. The molecule has 6 heteroatoms. The zero-order valence-corrected chi connectivity index (χ0v) is 20.2. The van der Waals surface area contributed by atoms with Crippen molar-refractivity contribution in [1.29, 1.82) is 0 Å². The summed E-state index contributed by atoms with van der Waals surface area (Å²) in [7, 11) is 0.